The second-order valence-corrected chi connectivity index (χ2v) is 7.34. The third-order valence-electron chi connectivity index (χ3n) is 4.45. The Kier molecular flexibility index (Phi) is 13.5. The number of hydrogen-bond donors (Lipinski definition) is 2. The molecule has 0 aromatic carbocycles. The Labute approximate surface area is 189 Å². The van der Waals surface area contributed by atoms with Gasteiger partial charge in [-0.1, -0.05) is 6.07 Å². The van der Waals surface area contributed by atoms with Crippen molar-refractivity contribution in [2.24, 2.45) is 4.99 Å². The molecule has 9 heteroatoms. The molecule has 28 heavy (non-hydrogen) atoms. The first-order valence-corrected chi connectivity index (χ1v) is 10.6. The number of carbonyl (C=O) groups is 1. The molecule has 2 heterocycles. The first kappa shape index (κ1) is 25.1. The molecule has 1 aliphatic rings. The number of carbonyl (C=O) groups excluding carboxylic acids is 1. The summed E-state index contributed by atoms with van der Waals surface area (Å²) >= 11 is 1.78. The first-order chi connectivity index (χ1) is 13.2. The average molecular weight is 524 g/mol. The number of morpholine rings is 1. The number of esters is 1. The maximum Gasteiger partial charge on any atom is 0.305 e. The van der Waals surface area contributed by atoms with E-state index in [4.69, 9.17) is 9.73 Å². The molecule has 0 radical (unpaired) electrons. The molecule has 1 saturated heterocycles. The summed E-state index contributed by atoms with van der Waals surface area (Å²) in [5, 5.41) is 8.79. The fourth-order valence-corrected chi connectivity index (χ4v) is 3.83. The lowest BCUT2D eigenvalue weighted by atomic mass is 10.2. The number of rotatable bonds is 10. The molecule has 1 aliphatic heterocycles. The molecule has 2 N–H and O–H groups in total. The Morgan fingerprint density at radius 1 is 1.36 bits per heavy atom. The Morgan fingerprint density at radius 2 is 2.14 bits per heavy atom. The molecule has 1 unspecified atom stereocenters. The SMILES string of the molecule is CCNC(=NCC(c1cccs1)N1CCOCC1)NCCCCC(=O)OC.I. The molecule has 1 aromatic rings. The molecule has 1 fully saturated rings. The summed E-state index contributed by atoms with van der Waals surface area (Å²) in [6, 6.07) is 4.57. The van der Waals surface area contributed by atoms with Gasteiger partial charge >= 0.3 is 5.97 Å². The van der Waals surface area contributed by atoms with Crippen LogP contribution in [-0.2, 0) is 14.3 Å². The van der Waals surface area contributed by atoms with Gasteiger partial charge in [-0.15, -0.1) is 35.3 Å². The minimum Gasteiger partial charge on any atom is -0.469 e. The van der Waals surface area contributed by atoms with E-state index in [9.17, 15) is 4.79 Å². The smallest absolute Gasteiger partial charge is 0.305 e. The Hall–Kier alpha value is -0.910. The molecule has 2 rings (SSSR count). The van der Waals surface area contributed by atoms with E-state index in [1.165, 1.54) is 12.0 Å². The van der Waals surface area contributed by atoms with Crippen LogP contribution in [0.2, 0.25) is 0 Å². The number of aliphatic imine (C=N–C) groups is 1. The number of hydrogen-bond acceptors (Lipinski definition) is 6. The van der Waals surface area contributed by atoms with Crippen LogP contribution in [0.1, 0.15) is 37.1 Å². The van der Waals surface area contributed by atoms with Gasteiger partial charge < -0.3 is 20.1 Å². The van der Waals surface area contributed by atoms with E-state index in [1.807, 2.05) is 0 Å². The highest BCUT2D eigenvalue weighted by Gasteiger charge is 2.23. The molecule has 7 nitrogen and oxygen atoms in total. The number of methoxy groups -OCH3 is 1. The Balaban J connectivity index is 0.00000392. The molecule has 0 bridgehead atoms. The molecule has 160 valence electrons. The molecule has 0 saturated carbocycles. The zero-order valence-electron chi connectivity index (χ0n) is 16.8. The highest BCUT2D eigenvalue weighted by atomic mass is 127. The predicted molar refractivity (Wildman–Crippen MR) is 125 cm³/mol. The third-order valence-corrected chi connectivity index (χ3v) is 5.43. The van der Waals surface area contributed by atoms with Crippen LogP contribution >= 0.6 is 35.3 Å². The van der Waals surface area contributed by atoms with Crippen molar-refractivity contribution in [2.75, 3.05) is 53.0 Å². The van der Waals surface area contributed by atoms with Crippen molar-refractivity contribution in [3.63, 3.8) is 0 Å². The number of thiophene rings is 1. The van der Waals surface area contributed by atoms with Crippen molar-refractivity contribution in [3.05, 3.63) is 22.4 Å². The van der Waals surface area contributed by atoms with Crippen molar-refractivity contribution < 1.29 is 14.3 Å². The maximum atomic E-state index is 11.2. The second kappa shape index (κ2) is 15.0. The number of nitrogens with zero attached hydrogens (tertiary/aromatic N) is 2. The van der Waals surface area contributed by atoms with Crippen LogP contribution in [0, 0.1) is 0 Å². The number of nitrogens with one attached hydrogen (secondary N) is 2. The summed E-state index contributed by atoms with van der Waals surface area (Å²) in [5.74, 6) is 0.672. The molecular weight excluding hydrogens is 491 g/mol. The Bertz CT molecular complexity index is 566. The van der Waals surface area contributed by atoms with Gasteiger partial charge in [-0.25, -0.2) is 0 Å². The summed E-state index contributed by atoms with van der Waals surface area (Å²) in [7, 11) is 1.43. The standard InChI is InChI=1S/C19H32N4O3S.HI/c1-3-20-19(21-9-5-4-8-18(24)25-2)22-15-16(17-7-6-14-27-17)23-10-12-26-13-11-23;/h6-7,14,16H,3-5,8-13,15H2,1-2H3,(H2,20,21,22);1H. The van der Waals surface area contributed by atoms with Gasteiger partial charge in [0.05, 0.1) is 32.9 Å². The second-order valence-electron chi connectivity index (χ2n) is 6.36. The van der Waals surface area contributed by atoms with E-state index in [-0.39, 0.29) is 36.0 Å². The van der Waals surface area contributed by atoms with Gasteiger partial charge in [-0.05, 0) is 31.2 Å². The molecule has 1 aromatic heterocycles. The van der Waals surface area contributed by atoms with Crippen molar-refractivity contribution in [1.82, 2.24) is 15.5 Å². The normalized spacial score (nSPS) is 16.1. The quantitative estimate of drug-likeness (QED) is 0.161. The highest BCUT2D eigenvalue weighted by Crippen LogP contribution is 2.26. The summed E-state index contributed by atoms with van der Waals surface area (Å²) in [5.41, 5.74) is 0. The monoisotopic (exact) mass is 524 g/mol. The van der Waals surface area contributed by atoms with Crippen LogP contribution in [0.5, 0.6) is 0 Å². The van der Waals surface area contributed by atoms with E-state index in [0.29, 0.717) is 13.0 Å². The highest BCUT2D eigenvalue weighted by molar-refractivity contribution is 14.0. The van der Waals surface area contributed by atoms with Crippen LogP contribution in [0.4, 0.5) is 0 Å². The zero-order chi connectivity index (χ0) is 19.3. The fraction of sp³-hybridized carbons (Fsp3) is 0.684. The molecule has 0 aliphatic carbocycles. The predicted octanol–water partition coefficient (Wildman–Crippen LogP) is 2.64. The van der Waals surface area contributed by atoms with E-state index >= 15 is 0 Å². The lowest BCUT2D eigenvalue weighted by Gasteiger charge is -2.33. The van der Waals surface area contributed by atoms with Crippen molar-refractivity contribution in [2.45, 2.75) is 32.2 Å². The van der Waals surface area contributed by atoms with Crippen molar-refractivity contribution in [3.8, 4) is 0 Å². The van der Waals surface area contributed by atoms with Crippen LogP contribution in [0.3, 0.4) is 0 Å². The van der Waals surface area contributed by atoms with Gasteiger partial charge in [0, 0.05) is 37.5 Å². The molecular formula is C19H33IN4O3S. The lowest BCUT2D eigenvalue weighted by molar-refractivity contribution is -0.140. The minimum atomic E-state index is -0.153. The average Bonchev–Trinajstić information content (AvgIpc) is 3.23. The first-order valence-electron chi connectivity index (χ1n) is 9.68. The maximum absolute atomic E-state index is 11.2. The van der Waals surface area contributed by atoms with E-state index in [2.05, 4.69) is 44.7 Å². The van der Waals surface area contributed by atoms with Crippen molar-refractivity contribution in [1.29, 1.82) is 0 Å². The van der Waals surface area contributed by atoms with Gasteiger partial charge in [0.25, 0.3) is 0 Å². The summed E-state index contributed by atoms with van der Waals surface area (Å²) < 4.78 is 10.2. The van der Waals surface area contributed by atoms with Crippen LogP contribution in [-0.4, -0.2) is 69.9 Å². The van der Waals surface area contributed by atoms with Crippen LogP contribution < -0.4 is 10.6 Å². The van der Waals surface area contributed by atoms with E-state index in [0.717, 1.165) is 58.2 Å². The number of halogens is 1. The largest absolute Gasteiger partial charge is 0.469 e. The minimum absolute atomic E-state index is 0. The molecule has 0 amide bonds. The lowest BCUT2D eigenvalue weighted by Crippen LogP contribution is -2.41. The van der Waals surface area contributed by atoms with Crippen LogP contribution in [0.15, 0.2) is 22.5 Å². The van der Waals surface area contributed by atoms with Gasteiger partial charge in [0.1, 0.15) is 0 Å². The fourth-order valence-electron chi connectivity index (χ4n) is 2.98. The number of unbranched alkanes of at least 4 members (excludes halogenated alkanes) is 1. The topological polar surface area (TPSA) is 75.2 Å². The molecule has 0 spiro atoms. The summed E-state index contributed by atoms with van der Waals surface area (Å²) in [4.78, 5) is 19.8. The van der Waals surface area contributed by atoms with E-state index < -0.39 is 0 Å². The van der Waals surface area contributed by atoms with Crippen LogP contribution in [0.25, 0.3) is 0 Å². The summed E-state index contributed by atoms with van der Waals surface area (Å²) in [6.07, 6.45) is 2.17. The van der Waals surface area contributed by atoms with Gasteiger partial charge in [0.2, 0.25) is 0 Å². The van der Waals surface area contributed by atoms with Gasteiger partial charge in [-0.3, -0.25) is 14.7 Å². The summed E-state index contributed by atoms with van der Waals surface area (Å²) in [6.45, 7) is 7.81. The van der Waals surface area contributed by atoms with E-state index in [1.54, 1.807) is 11.3 Å². The third kappa shape index (κ3) is 9.06. The number of ether oxygens (including phenoxy) is 2. The van der Waals surface area contributed by atoms with Crippen molar-refractivity contribution >= 4 is 47.2 Å². The Morgan fingerprint density at radius 3 is 2.79 bits per heavy atom. The number of guanidine groups is 1. The van der Waals surface area contributed by atoms with Gasteiger partial charge in [0.15, 0.2) is 5.96 Å². The zero-order valence-corrected chi connectivity index (χ0v) is 20.0. The van der Waals surface area contributed by atoms with Gasteiger partial charge in [-0.2, -0.15) is 0 Å². The molecule has 1 atom stereocenters.